The lowest BCUT2D eigenvalue weighted by atomic mass is 9.86. The zero-order chi connectivity index (χ0) is 23.9. The zero-order valence-corrected chi connectivity index (χ0v) is 22.0. The molecule has 0 aromatic carbocycles. The minimum Gasteiger partial charge on any atom is -0.459 e. The molecule has 0 aromatic rings. The Labute approximate surface area is 193 Å². The summed E-state index contributed by atoms with van der Waals surface area (Å²) in [5, 5.41) is 0. The molecule has 0 spiro atoms. The van der Waals surface area contributed by atoms with E-state index in [9.17, 15) is 9.59 Å². The van der Waals surface area contributed by atoms with Crippen LogP contribution < -0.4 is 0 Å². The van der Waals surface area contributed by atoms with E-state index in [1.165, 1.54) is 38.5 Å². The molecule has 0 saturated heterocycles. The van der Waals surface area contributed by atoms with E-state index in [-0.39, 0.29) is 18.3 Å². The standard InChI is InChI=1S/C27H52O4/c1-9-11-13-15-17-19-26(7,22(3)4)30-24(28)21-25(29)31-27(8,23(5)6)20-18-16-14-12-10-2/h22-23H,9-21H2,1-8H3. The summed E-state index contributed by atoms with van der Waals surface area (Å²) in [6.45, 7) is 16.7. The molecule has 0 amide bonds. The predicted octanol–water partition coefficient (Wildman–Crippen LogP) is 8.01. The Morgan fingerprint density at radius 2 is 0.935 bits per heavy atom. The molecule has 0 fully saturated rings. The fraction of sp³-hybridized carbons (Fsp3) is 0.926. The SMILES string of the molecule is CCCCCCCC(C)(OC(=O)CC(=O)OC(C)(CCCCCCC)C(C)C)C(C)C. The second-order valence-electron chi connectivity index (χ2n) is 10.4. The van der Waals surface area contributed by atoms with E-state index in [1.54, 1.807) is 0 Å². The van der Waals surface area contributed by atoms with E-state index in [0.29, 0.717) is 0 Å². The maximum absolute atomic E-state index is 12.6. The quantitative estimate of drug-likeness (QED) is 0.123. The van der Waals surface area contributed by atoms with Crippen molar-refractivity contribution in [3.63, 3.8) is 0 Å². The fourth-order valence-corrected chi connectivity index (χ4v) is 3.78. The number of carbonyl (C=O) groups is 2. The van der Waals surface area contributed by atoms with Crippen LogP contribution in [0.2, 0.25) is 0 Å². The van der Waals surface area contributed by atoms with Crippen molar-refractivity contribution in [3.8, 4) is 0 Å². The monoisotopic (exact) mass is 440 g/mol. The summed E-state index contributed by atoms with van der Waals surface area (Å²) in [7, 11) is 0. The predicted molar refractivity (Wildman–Crippen MR) is 130 cm³/mol. The van der Waals surface area contributed by atoms with Gasteiger partial charge in [-0.1, -0.05) is 92.9 Å². The summed E-state index contributed by atoms with van der Waals surface area (Å²) in [5.41, 5.74) is -1.07. The van der Waals surface area contributed by atoms with E-state index in [0.717, 1.165) is 38.5 Å². The van der Waals surface area contributed by atoms with Crippen molar-refractivity contribution in [1.29, 1.82) is 0 Å². The van der Waals surface area contributed by atoms with Gasteiger partial charge in [0.1, 0.15) is 17.6 Å². The first-order valence-electron chi connectivity index (χ1n) is 12.9. The molecule has 2 unspecified atom stereocenters. The molecule has 0 saturated carbocycles. The van der Waals surface area contributed by atoms with E-state index in [1.807, 2.05) is 13.8 Å². The van der Waals surface area contributed by atoms with Gasteiger partial charge in [0.05, 0.1) is 0 Å². The molecule has 4 nitrogen and oxygen atoms in total. The van der Waals surface area contributed by atoms with E-state index < -0.39 is 23.1 Å². The van der Waals surface area contributed by atoms with E-state index >= 15 is 0 Å². The summed E-state index contributed by atoms with van der Waals surface area (Å²) in [5.74, 6) is -0.544. The lowest BCUT2D eigenvalue weighted by molar-refractivity contribution is -0.175. The Bertz CT molecular complexity index is 455. The molecule has 0 aromatic heterocycles. The summed E-state index contributed by atoms with van der Waals surface area (Å²) in [6, 6.07) is 0. The molecule has 0 aliphatic heterocycles. The molecule has 0 radical (unpaired) electrons. The molecular formula is C27H52O4. The third-order valence-corrected chi connectivity index (χ3v) is 6.98. The molecular weight excluding hydrogens is 388 g/mol. The number of carbonyl (C=O) groups excluding carboxylic acids is 2. The van der Waals surface area contributed by atoms with Crippen molar-refractivity contribution in [2.24, 2.45) is 11.8 Å². The molecule has 0 N–H and O–H groups in total. The van der Waals surface area contributed by atoms with Gasteiger partial charge in [0.15, 0.2) is 0 Å². The van der Waals surface area contributed by atoms with Crippen LogP contribution in [0.5, 0.6) is 0 Å². The highest BCUT2D eigenvalue weighted by molar-refractivity contribution is 5.91. The van der Waals surface area contributed by atoms with Gasteiger partial charge in [0, 0.05) is 0 Å². The van der Waals surface area contributed by atoms with Crippen LogP contribution in [0, 0.1) is 11.8 Å². The number of rotatable bonds is 18. The van der Waals surface area contributed by atoms with Gasteiger partial charge in [-0.3, -0.25) is 9.59 Å². The largest absolute Gasteiger partial charge is 0.459 e. The second-order valence-corrected chi connectivity index (χ2v) is 10.4. The zero-order valence-electron chi connectivity index (χ0n) is 22.0. The van der Waals surface area contributed by atoms with Crippen LogP contribution in [-0.2, 0) is 19.1 Å². The van der Waals surface area contributed by atoms with Gasteiger partial charge in [-0.2, -0.15) is 0 Å². The highest BCUT2D eigenvalue weighted by Crippen LogP contribution is 2.31. The molecule has 0 aliphatic carbocycles. The van der Waals surface area contributed by atoms with E-state index in [2.05, 4.69) is 41.5 Å². The number of esters is 2. The Kier molecular flexibility index (Phi) is 15.2. The van der Waals surface area contributed by atoms with Gasteiger partial charge < -0.3 is 9.47 Å². The van der Waals surface area contributed by atoms with Crippen molar-refractivity contribution in [3.05, 3.63) is 0 Å². The molecule has 0 aliphatic rings. The van der Waals surface area contributed by atoms with Crippen molar-refractivity contribution >= 4 is 11.9 Å². The minimum atomic E-state index is -0.537. The van der Waals surface area contributed by atoms with Crippen LogP contribution in [0.25, 0.3) is 0 Å². The third-order valence-electron chi connectivity index (χ3n) is 6.98. The number of hydrogen-bond donors (Lipinski definition) is 0. The van der Waals surface area contributed by atoms with E-state index in [4.69, 9.17) is 9.47 Å². The van der Waals surface area contributed by atoms with Gasteiger partial charge in [-0.15, -0.1) is 0 Å². The fourth-order valence-electron chi connectivity index (χ4n) is 3.78. The van der Waals surface area contributed by atoms with Crippen molar-refractivity contribution < 1.29 is 19.1 Å². The average molecular weight is 441 g/mol. The maximum atomic E-state index is 12.6. The van der Waals surface area contributed by atoms with Crippen LogP contribution in [0.1, 0.15) is 139 Å². The van der Waals surface area contributed by atoms with Gasteiger partial charge in [-0.05, 0) is 51.4 Å². The first kappa shape index (κ1) is 29.9. The lowest BCUT2D eigenvalue weighted by Crippen LogP contribution is -2.40. The van der Waals surface area contributed by atoms with Crippen LogP contribution in [0.15, 0.2) is 0 Å². The van der Waals surface area contributed by atoms with Crippen LogP contribution in [0.4, 0.5) is 0 Å². The van der Waals surface area contributed by atoms with Crippen molar-refractivity contribution in [1.82, 2.24) is 0 Å². The number of unbranched alkanes of at least 4 members (excludes halogenated alkanes) is 8. The molecule has 0 bridgehead atoms. The number of hydrogen-bond acceptors (Lipinski definition) is 4. The molecule has 2 atom stereocenters. The number of ether oxygens (including phenoxy) is 2. The highest BCUT2D eigenvalue weighted by Gasteiger charge is 2.35. The Balaban J connectivity index is 4.70. The molecule has 31 heavy (non-hydrogen) atoms. The minimum absolute atomic E-state index is 0.197. The third kappa shape index (κ3) is 12.5. The summed E-state index contributed by atoms with van der Waals surface area (Å²) >= 11 is 0. The Morgan fingerprint density at radius 3 is 1.23 bits per heavy atom. The van der Waals surface area contributed by atoms with Gasteiger partial charge in [-0.25, -0.2) is 0 Å². The first-order valence-corrected chi connectivity index (χ1v) is 12.9. The Hall–Kier alpha value is -1.06. The van der Waals surface area contributed by atoms with Crippen molar-refractivity contribution in [2.45, 2.75) is 150 Å². The van der Waals surface area contributed by atoms with Crippen molar-refractivity contribution in [2.75, 3.05) is 0 Å². The van der Waals surface area contributed by atoms with Gasteiger partial charge in [0.2, 0.25) is 0 Å². The smallest absolute Gasteiger partial charge is 0.317 e. The lowest BCUT2D eigenvalue weighted by Gasteiger charge is -2.35. The van der Waals surface area contributed by atoms with Gasteiger partial charge in [0.25, 0.3) is 0 Å². The Morgan fingerprint density at radius 1 is 0.613 bits per heavy atom. The summed E-state index contributed by atoms with van der Waals surface area (Å²) < 4.78 is 11.7. The second kappa shape index (κ2) is 15.7. The molecule has 184 valence electrons. The highest BCUT2D eigenvalue weighted by atomic mass is 16.6. The van der Waals surface area contributed by atoms with Crippen LogP contribution >= 0.6 is 0 Å². The molecule has 4 heteroatoms. The summed E-state index contributed by atoms with van der Waals surface area (Å²) in [4.78, 5) is 25.1. The normalized spacial score (nSPS) is 15.5. The van der Waals surface area contributed by atoms with Crippen LogP contribution in [0.3, 0.4) is 0 Å². The topological polar surface area (TPSA) is 52.6 Å². The summed E-state index contributed by atoms with van der Waals surface area (Å²) in [6.07, 6.45) is 13.1. The van der Waals surface area contributed by atoms with Gasteiger partial charge >= 0.3 is 11.9 Å². The van der Waals surface area contributed by atoms with Crippen LogP contribution in [-0.4, -0.2) is 23.1 Å². The average Bonchev–Trinajstić information content (AvgIpc) is 2.67. The molecule has 0 rings (SSSR count). The maximum Gasteiger partial charge on any atom is 0.317 e. The first-order chi connectivity index (χ1) is 14.5. The molecule has 0 heterocycles.